The van der Waals surface area contributed by atoms with E-state index >= 15 is 0 Å². The van der Waals surface area contributed by atoms with Crippen molar-refractivity contribution in [3.63, 3.8) is 0 Å². The maximum Gasteiger partial charge on any atom is 0.472 e. The lowest BCUT2D eigenvalue weighted by molar-refractivity contribution is -0.220. The summed E-state index contributed by atoms with van der Waals surface area (Å²) in [5.74, 6) is 0. The second-order valence-corrected chi connectivity index (χ2v) is 6.85. The van der Waals surface area contributed by atoms with Gasteiger partial charge in [0.15, 0.2) is 0 Å². The molecule has 1 aliphatic carbocycles. The highest BCUT2D eigenvalue weighted by atomic mass is 31.2. The molecule has 23 heavy (non-hydrogen) atoms. The summed E-state index contributed by atoms with van der Waals surface area (Å²) in [5.41, 5.74) is 3.69. The lowest BCUT2D eigenvalue weighted by Gasteiger charge is -2.41. The summed E-state index contributed by atoms with van der Waals surface area (Å²) in [4.78, 5) is 9.54. The molecule has 0 bridgehead atoms. The number of aliphatic hydroxyl groups excluding tert-OH is 7. The third-order valence-corrected chi connectivity index (χ3v) is 4.44. The SMILES string of the molecule is NC(CO)(CO)COP(=O)(O)OC1[C@H](O)[C@H](O)C(O)[C@H](O)[C@H]1O. The predicted molar refractivity (Wildman–Crippen MR) is 71.8 cm³/mol. The molecule has 1 aliphatic rings. The maximum absolute atomic E-state index is 11.8. The first kappa shape index (κ1) is 20.8. The standard InChI is InChI=1S/C10H22NO11P/c11-10(1-12,2-13)3-21-23(19,20)22-9-7(17)5(15)4(14)6(16)8(9)18/h4-9,12-18H,1-3,11H2,(H,19,20)/t4?,5-,6+,7-,8-,9?/m1/s1. The van der Waals surface area contributed by atoms with Gasteiger partial charge in [0.2, 0.25) is 0 Å². The maximum atomic E-state index is 11.8. The van der Waals surface area contributed by atoms with Gasteiger partial charge in [-0.05, 0) is 0 Å². The van der Waals surface area contributed by atoms with Crippen LogP contribution in [0.2, 0.25) is 0 Å². The highest BCUT2D eigenvalue weighted by molar-refractivity contribution is 7.47. The fourth-order valence-electron chi connectivity index (χ4n) is 1.86. The number of phosphoric ester groups is 1. The number of nitrogens with two attached hydrogens (primary N) is 1. The van der Waals surface area contributed by atoms with Crippen molar-refractivity contribution in [2.75, 3.05) is 19.8 Å². The predicted octanol–water partition coefficient (Wildman–Crippen LogP) is -5.01. The molecule has 13 heteroatoms. The van der Waals surface area contributed by atoms with Crippen molar-refractivity contribution in [1.82, 2.24) is 0 Å². The Morgan fingerprint density at radius 3 is 1.70 bits per heavy atom. The van der Waals surface area contributed by atoms with Crippen LogP contribution in [0.4, 0.5) is 0 Å². The summed E-state index contributed by atoms with van der Waals surface area (Å²) >= 11 is 0. The van der Waals surface area contributed by atoms with Crippen molar-refractivity contribution >= 4 is 7.82 Å². The van der Waals surface area contributed by atoms with E-state index in [1.165, 1.54) is 0 Å². The summed E-state index contributed by atoms with van der Waals surface area (Å²) in [6.07, 6.45) is -11.7. The fraction of sp³-hybridized carbons (Fsp3) is 1.00. The summed E-state index contributed by atoms with van der Waals surface area (Å²) in [7, 11) is -4.96. The molecule has 1 saturated carbocycles. The second kappa shape index (κ2) is 7.78. The highest BCUT2D eigenvalue weighted by Gasteiger charge is 2.51. The average Bonchev–Trinajstić information content (AvgIpc) is 2.53. The van der Waals surface area contributed by atoms with E-state index in [9.17, 15) is 35.0 Å². The summed E-state index contributed by atoms with van der Waals surface area (Å²) in [5, 5.41) is 65.6. The smallest absolute Gasteiger partial charge is 0.394 e. The van der Waals surface area contributed by atoms with Crippen molar-refractivity contribution in [3.05, 3.63) is 0 Å². The Morgan fingerprint density at radius 2 is 1.30 bits per heavy atom. The van der Waals surface area contributed by atoms with E-state index in [0.717, 1.165) is 0 Å². The minimum atomic E-state index is -4.96. The minimum Gasteiger partial charge on any atom is -0.394 e. The first-order chi connectivity index (χ1) is 10.5. The van der Waals surface area contributed by atoms with Crippen LogP contribution in [-0.2, 0) is 13.6 Å². The Labute approximate surface area is 130 Å². The second-order valence-electron chi connectivity index (χ2n) is 5.44. The molecule has 0 aromatic carbocycles. The van der Waals surface area contributed by atoms with Gasteiger partial charge in [0.1, 0.15) is 36.6 Å². The Morgan fingerprint density at radius 1 is 0.913 bits per heavy atom. The third kappa shape index (κ3) is 4.89. The van der Waals surface area contributed by atoms with Gasteiger partial charge in [0, 0.05) is 0 Å². The molecule has 0 aromatic rings. The Hall–Kier alpha value is -0.210. The van der Waals surface area contributed by atoms with E-state index in [4.69, 9.17) is 15.9 Å². The van der Waals surface area contributed by atoms with Crippen LogP contribution in [0.25, 0.3) is 0 Å². The molecular formula is C10H22NO11P. The normalized spacial score (nSPS) is 38.3. The molecule has 1 rings (SSSR count). The summed E-state index contributed by atoms with van der Waals surface area (Å²) in [6, 6.07) is 0. The van der Waals surface area contributed by atoms with E-state index in [1.54, 1.807) is 0 Å². The summed E-state index contributed by atoms with van der Waals surface area (Å²) < 4.78 is 20.8. The molecule has 12 nitrogen and oxygen atoms in total. The molecule has 0 radical (unpaired) electrons. The van der Waals surface area contributed by atoms with Gasteiger partial charge in [-0.25, -0.2) is 4.57 Å². The van der Waals surface area contributed by atoms with Crippen molar-refractivity contribution in [3.8, 4) is 0 Å². The first-order valence-electron chi connectivity index (χ1n) is 6.54. The Balaban J connectivity index is 2.77. The number of rotatable bonds is 7. The molecule has 138 valence electrons. The van der Waals surface area contributed by atoms with Gasteiger partial charge in [-0.2, -0.15) is 0 Å². The van der Waals surface area contributed by atoms with Crippen molar-refractivity contribution in [1.29, 1.82) is 0 Å². The van der Waals surface area contributed by atoms with Crippen molar-refractivity contribution < 1.29 is 54.3 Å². The van der Waals surface area contributed by atoms with E-state index < -0.39 is 69.8 Å². The van der Waals surface area contributed by atoms with Gasteiger partial charge >= 0.3 is 7.82 Å². The molecule has 0 spiro atoms. The van der Waals surface area contributed by atoms with E-state index in [-0.39, 0.29) is 0 Å². The van der Waals surface area contributed by atoms with E-state index in [2.05, 4.69) is 9.05 Å². The molecule has 10 N–H and O–H groups in total. The molecule has 7 atom stereocenters. The molecule has 3 unspecified atom stereocenters. The molecule has 0 heterocycles. The van der Waals surface area contributed by atoms with Crippen LogP contribution in [-0.4, -0.2) is 103 Å². The van der Waals surface area contributed by atoms with Gasteiger partial charge in [-0.1, -0.05) is 0 Å². The van der Waals surface area contributed by atoms with Crippen LogP contribution >= 0.6 is 7.82 Å². The van der Waals surface area contributed by atoms with Crippen LogP contribution in [0, 0.1) is 0 Å². The summed E-state index contributed by atoms with van der Waals surface area (Å²) in [6.45, 7) is -2.36. The lowest BCUT2D eigenvalue weighted by atomic mass is 9.85. The average molecular weight is 363 g/mol. The van der Waals surface area contributed by atoms with Gasteiger partial charge < -0.3 is 46.4 Å². The monoisotopic (exact) mass is 363 g/mol. The molecule has 0 amide bonds. The van der Waals surface area contributed by atoms with Gasteiger partial charge in [-0.3, -0.25) is 9.05 Å². The minimum absolute atomic E-state index is 0.776. The lowest BCUT2D eigenvalue weighted by Crippen LogP contribution is -2.64. The zero-order valence-corrected chi connectivity index (χ0v) is 12.8. The largest absolute Gasteiger partial charge is 0.472 e. The number of aliphatic hydroxyl groups is 7. The Bertz CT molecular complexity index is 417. The van der Waals surface area contributed by atoms with Crippen molar-refractivity contribution in [2.45, 2.75) is 42.2 Å². The molecule has 0 aromatic heterocycles. The molecular weight excluding hydrogens is 341 g/mol. The highest BCUT2D eigenvalue weighted by Crippen LogP contribution is 2.47. The van der Waals surface area contributed by atoms with Crippen LogP contribution in [0.15, 0.2) is 0 Å². The van der Waals surface area contributed by atoms with Gasteiger partial charge in [-0.15, -0.1) is 0 Å². The topological polar surface area (TPSA) is 223 Å². The zero-order chi connectivity index (χ0) is 18.0. The zero-order valence-electron chi connectivity index (χ0n) is 11.9. The van der Waals surface area contributed by atoms with Gasteiger partial charge in [0.05, 0.1) is 25.4 Å². The first-order valence-corrected chi connectivity index (χ1v) is 8.04. The fourth-order valence-corrected chi connectivity index (χ4v) is 2.90. The Kier molecular flexibility index (Phi) is 7.05. The van der Waals surface area contributed by atoms with Crippen LogP contribution in [0.5, 0.6) is 0 Å². The van der Waals surface area contributed by atoms with E-state index in [1.807, 2.05) is 0 Å². The van der Waals surface area contributed by atoms with E-state index in [0.29, 0.717) is 0 Å². The molecule has 1 fully saturated rings. The number of hydrogen-bond acceptors (Lipinski definition) is 11. The van der Waals surface area contributed by atoms with Crippen LogP contribution in [0.1, 0.15) is 0 Å². The number of hydrogen-bond donors (Lipinski definition) is 9. The van der Waals surface area contributed by atoms with Crippen LogP contribution < -0.4 is 5.73 Å². The molecule has 0 saturated heterocycles. The van der Waals surface area contributed by atoms with Crippen LogP contribution in [0.3, 0.4) is 0 Å². The van der Waals surface area contributed by atoms with Gasteiger partial charge in [0.25, 0.3) is 0 Å². The molecule has 0 aliphatic heterocycles. The third-order valence-electron chi connectivity index (χ3n) is 3.47. The quantitative estimate of drug-likeness (QED) is 0.194. The van der Waals surface area contributed by atoms with Crippen molar-refractivity contribution in [2.24, 2.45) is 5.73 Å². The number of phosphoric acid groups is 1.